The number of carbonyl (C=O) groups is 1. The lowest BCUT2D eigenvalue weighted by atomic mass is 10.4. The van der Waals surface area contributed by atoms with Gasteiger partial charge in [0.05, 0.1) is 12.8 Å². The number of carbonyl (C=O) groups excluding carboxylic acids is 1. The van der Waals surface area contributed by atoms with E-state index in [0.717, 1.165) is 5.69 Å². The topological polar surface area (TPSA) is 56.1 Å². The molecule has 0 saturated carbocycles. The summed E-state index contributed by atoms with van der Waals surface area (Å²) in [5.41, 5.74) is 0.961. The minimum atomic E-state index is -0.320. The fraction of sp³-hybridized carbons (Fsp3) is 0.636. The summed E-state index contributed by atoms with van der Waals surface area (Å²) in [4.78, 5) is 10.8. The molecule has 0 aliphatic heterocycles. The summed E-state index contributed by atoms with van der Waals surface area (Å²) in [6.45, 7) is 5.31. The first-order chi connectivity index (χ1) is 8.04. The minimum Gasteiger partial charge on any atom is -0.468 e. The summed E-state index contributed by atoms with van der Waals surface area (Å²) in [5.74, 6) is -0.273. The van der Waals surface area contributed by atoms with Crippen LogP contribution in [0.25, 0.3) is 0 Å². The zero-order chi connectivity index (χ0) is 12.8. The number of nitrogens with one attached hydrogen (secondary N) is 1. The largest absolute Gasteiger partial charge is 0.468 e. The third-order valence-electron chi connectivity index (χ3n) is 2.28. The molecule has 1 unspecified atom stereocenters. The smallest absolute Gasteiger partial charge is 0.320 e. The zero-order valence-corrected chi connectivity index (χ0v) is 11.9. The van der Waals surface area contributed by atoms with E-state index in [0.29, 0.717) is 19.1 Å². The molecule has 5 nitrogen and oxygen atoms in total. The van der Waals surface area contributed by atoms with E-state index in [-0.39, 0.29) is 10.8 Å². The van der Waals surface area contributed by atoms with Crippen LogP contribution in [0.4, 0.5) is 0 Å². The highest BCUT2D eigenvalue weighted by Crippen LogP contribution is 2.04. The molecule has 0 spiro atoms. The molecule has 0 aliphatic carbocycles. The molecule has 1 aromatic rings. The number of alkyl halides is 1. The van der Waals surface area contributed by atoms with Gasteiger partial charge in [0.15, 0.2) is 0 Å². The van der Waals surface area contributed by atoms with Crippen molar-refractivity contribution in [1.82, 2.24) is 15.1 Å². The van der Waals surface area contributed by atoms with E-state index in [2.05, 4.69) is 44.9 Å². The van der Waals surface area contributed by atoms with Crippen LogP contribution in [-0.2, 0) is 16.1 Å². The van der Waals surface area contributed by atoms with Crippen molar-refractivity contribution in [3.8, 4) is 0 Å². The van der Waals surface area contributed by atoms with Gasteiger partial charge in [-0.3, -0.25) is 9.48 Å². The summed E-state index contributed by atoms with van der Waals surface area (Å²) in [6.07, 6.45) is 1.95. The lowest BCUT2D eigenvalue weighted by Gasteiger charge is -2.08. The Labute approximate surface area is 110 Å². The molecular formula is C11H18BrN3O2. The molecule has 6 heteroatoms. The first-order valence-corrected chi connectivity index (χ1v) is 6.42. The van der Waals surface area contributed by atoms with Gasteiger partial charge in [-0.25, -0.2) is 0 Å². The lowest BCUT2D eigenvalue weighted by Crippen LogP contribution is -2.29. The summed E-state index contributed by atoms with van der Waals surface area (Å²) < 4.78 is 6.51. The Morgan fingerprint density at radius 2 is 2.35 bits per heavy atom. The monoisotopic (exact) mass is 303 g/mol. The maximum atomic E-state index is 11.1. The van der Waals surface area contributed by atoms with Crippen LogP contribution in [0.5, 0.6) is 0 Å². The fourth-order valence-electron chi connectivity index (χ4n) is 1.30. The first-order valence-electron chi connectivity index (χ1n) is 5.51. The number of aromatic nitrogens is 2. The van der Waals surface area contributed by atoms with Gasteiger partial charge in [-0.2, -0.15) is 5.10 Å². The Bertz CT molecular complexity index is 365. The Hall–Kier alpha value is -0.880. The van der Waals surface area contributed by atoms with Crippen LogP contribution in [0.1, 0.15) is 25.6 Å². The quantitative estimate of drug-likeness (QED) is 0.639. The van der Waals surface area contributed by atoms with E-state index in [1.807, 2.05) is 16.9 Å². The number of hydrogen-bond acceptors (Lipinski definition) is 4. The van der Waals surface area contributed by atoms with Crippen LogP contribution in [0, 0.1) is 0 Å². The minimum absolute atomic E-state index is 0.273. The third kappa shape index (κ3) is 4.47. The van der Waals surface area contributed by atoms with Crippen molar-refractivity contribution in [2.75, 3.05) is 13.7 Å². The molecule has 1 aromatic heterocycles. The van der Waals surface area contributed by atoms with Crippen molar-refractivity contribution in [2.24, 2.45) is 0 Å². The summed E-state index contributed by atoms with van der Waals surface area (Å²) in [5, 5.41) is 7.54. The second kappa shape index (κ2) is 6.76. The normalized spacial score (nSPS) is 12.8. The average Bonchev–Trinajstić information content (AvgIpc) is 2.76. The number of esters is 1. The van der Waals surface area contributed by atoms with Crippen LogP contribution >= 0.6 is 15.9 Å². The predicted molar refractivity (Wildman–Crippen MR) is 69.0 cm³/mol. The number of rotatable bonds is 6. The van der Waals surface area contributed by atoms with Crippen molar-refractivity contribution >= 4 is 21.9 Å². The molecule has 0 fully saturated rings. The van der Waals surface area contributed by atoms with Gasteiger partial charge in [-0.05, 0) is 19.9 Å². The van der Waals surface area contributed by atoms with Crippen molar-refractivity contribution in [1.29, 1.82) is 0 Å². The Morgan fingerprint density at radius 3 is 2.88 bits per heavy atom. The maximum Gasteiger partial charge on any atom is 0.320 e. The van der Waals surface area contributed by atoms with Crippen LogP contribution < -0.4 is 5.32 Å². The highest BCUT2D eigenvalue weighted by atomic mass is 79.9. The van der Waals surface area contributed by atoms with Gasteiger partial charge in [0.1, 0.15) is 4.83 Å². The molecule has 1 atom stereocenters. The molecule has 0 aliphatic rings. The number of methoxy groups -OCH3 is 1. The molecule has 0 amide bonds. The van der Waals surface area contributed by atoms with Crippen molar-refractivity contribution in [2.45, 2.75) is 31.3 Å². The van der Waals surface area contributed by atoms with Gasteiger partial charge in [-0.15, -0.1) is 0 Å². The van der Waals surface area contributed by atoms with E-state index in [1.165, 1.54) is 7.11 Å². The molecule has 96 valence electrons. The van der Waals surface area contributed by atoms with E-state index >= 15 is 0 Å². The SMILES string of the molecule is COC(=O)C(Br)CNCc1ccn(C(C)C)n1. The fourth-order valence-corrected chi connectivity index (χ4v) is 1.71. The highest BCUT2D eigenvalue weighted by molar-refractivity contribution is 9.10. The molecule has 0 radical (unpaired) electrons. The van der Waals surface area contributed by atoms with E-state index in [4.69, 9.17) is 0 Å². The average molecular weight is 304 g/mol. The predicted octanol–water partition coefficient (Wildman–Crippen LogP) is 1.49. The second-order valence-corrected chi connectivity index (χ2v) is 5.11. The van der Waals surface area contributed by atoms with E-state index in [9.17, 15) is 4.79 Å². The third-order valence-corrected chi connectivity index (χ3v) is 2.98. The zero-order valence-electron chi connectivity index (χ0n) is 10.3. The summed E-state index contributed by atoms with van der Waals surface area (Å²) in [6, 6.07) is 2.33. The molecule has 0 bridgehead atoms. The Balaban J connectivity index is 2.33. The Kier molecular flexibility index (Phi) is 5.64. The molecule has 0 aromatic carbocycles. The van der Waals surface area contributed by atoms with E-state index < -0.39 is 0 Å². The van der Waals surface area contributed by atoms with Gasteiger partial charge < -0.3 is 10.1 Å². The van der Waals surface area contributed by atoms with Crippen LogP contribution in [0.2, 0.25) is 0 Å². The Morgan fingerprint density at radius 1 is 1.65 bits per heavy atom. The van der Waals surface area contributed by atoms with Gasteiger partial charge in [-0.1, -0.05) is 15.9 Å². The standard InChI is InChI=1S/C11H18BrN3O2/c1-8(2)15-5-4-9(14-15)6-13-7-10(12)11(16)17-3/h4-5,8,10,13H,6-7H2,1-3H3. The molecular weight excluding hydrogens is 286 g/mol. The highest BCUT2D eigenvalue weighted by Gasteiger charge is 2.14. The lowest BCUT2D eigenvalue weighted by molar-refractivity contribution is -0.139. The van der Waals surface area contributed by atoms with E-state index in [1.54, 1.807) is 0 Å². The molecule has 1 rings (SSSR count). The molecule has 0 saturated heterocycles. The van der Waals surface area contributed by atoms with Gasteiger partial charge in [0.25, 0.3) is 0 Å². The van der Waals surface area contributed by atoms with Crippen LogP contribution in [-0.4, -0.2) is 34.2 Å². The summed E-state index contributed by atoms with van der Waals surface area (Å²) in [7, 11) is 1.38. The van der Waals surface area contributed by atoms with Crippen LogP contribution in [0.3, 0.4) is 0 Å². The first kappa shape index (κ1) is 14.2. The second-order valence-electron chi connectivity index (χ2n) is 4.00. The number of ether oxygens (including phenoxy) is 1. The van der Waals surface area contributed by atoms with Crippen molar-refractivity contribution in [3.63, 3.8) is 0 Å². The van der Waals surface area contributed by atoms with Gasteiger partial charge in [0.2, 0.25) is 0 Å². The maximum absolute atomic E-state index is 11.1. The summed E-state index contributed by atoms with van der Waals surface area (Å²) >= 11 is 3.24. The van der Waals surface area contributed by atoms with Gasteiger partial charge >= 0.3 is 5.97 Å². The van der Waals surface area contributed by atoms with Crippen molar-refractivity contribution < 1.29 is 9.53 Å². The molecule has 17 heavy (non-hydrogen) atoms. The number of nitrogens with zero attached hydrogens (tertiary/aromatic N) is 2. The van der Waals surface area contributed by atoms with Crippen LogP contribution in [0.15, 0.2) is 12.3 Å². The molecule has 1 N–H and O–H groups in total. The molecule has 1 heterocycles. The van der Waals surface area contributed by atoms with Gasteiger partial charge in [0, 0.05) is 25.3 Å². The van der Waals surface area contributed by atoms with Crippen molar-refractivity contribution in [3.05, 3.63) is 18.0 Å². The number of halogens is 1. The number of hydrogen-bond donors (Lipinski definition) is 1.